The smallest absolute Gasteiger partial charge is 0.343 e. The summed E-state index contributed by atoms with van der Waals surface area (Å²) in [6, 6.07) is 11.1. The van der Waals surface area contributed by atoms with Gasteiger partial charge in [0.05, 0.1) is 63.2 Å². The third-order valence-electron chi connectivity index (χ3n) is 7.01. The van der Waals surface area contributed by atoms with E-state index in [1.807, 2.05) is 45.4 Å². The van der Waals surface area contributed by atoms with E-state index in [0.29, 0.717) is 41.9 Å². The van der Waals surface area contributed by atoms with Crippen molar-refractivity contribution in [2.24, 2.45) is 11.5 Å². The van der Waals surface area contributed by atoms with Crippen LogP contribution in [0.1, 0.15) is 24.0 Å². The Kier molecular flexibility index (Phi) is 11.8. The summed E-state index contributed by atoms with van der Waals surface area (Å²) < 4.78 is 39.9. The molecule has 2 atom stereocenters. The number of aromatic nitrogens is 1. The van der Waals surface area contributed by atoms with Gasteiger partial charge in [0, 0.05) is 31.3 Å². The number of halogens is 3. The molecule has 0 aliphatic heterocycles. The fourth-order valence-corrected chi connectivity index (χ4v) is 4.43. The molecule has 1 heterocycles. The SMILES string of the molecule is C[N+](C)(C)CCN(CCN)C(=O)CCC(N)C(=O)NC(Cc1ccc(C(F)(F)F)cc1)C(=O)Nc1cnc2ccccc2c1. The number of rotatable bonds is 14. The number of fused-ring (bicyclic) bond motifs is 1. The second kappa shape index (κ2) is 15.1. The molecule has 6 N–H and O–H groups in total. The molecule has 3 rings (SSSR count). The van der Waals surface area contributed by atoms with Crippen LogP contribution in [-0.4, -0.2) is 91.5 Å². The number of anilines is 1. The first-order valence-electron chi connectivity index (χ1n) is 14.3. The van der Waals surface area contributed by atoms with Crippen LogP contribution in [0.3, 0.4) is 0 Å². The highest BCUT2D eigenvalue weighted by Gasteiger charge is 2.31. The first-order chi connectivity index (χ1) is 20.7. The summed E-state index contributed by atoms with van der Waals surface area (Å²) in [6.45, 7) is 1.88. The van der Waals surface area contributed by atoms with Crippen LogP contribution in [0.5, 0.6) is 0 Å². The van der Waals surface area contributed by atoms with Crippen molar-refractivity contribution in [2.45, 2.75) is 37.5 Å². The zero-order valence-electron chi connectivity index (χ0n) is 25.2. The fraction of sp³-hybridized carbons (Fsp3) is 0.419. The Morgan fingerprint density at radius 3 is 2.32 bits per heavy atom. The van der Waals surface area contributed by atoms with Crippen LogP contribution in [0.4, 0.5) is 18.9 Å². The van der Waals surface area contributed by atoms with Crippen molar-refractivity contribution >= 4 is 34.3 Å². The predicted octanol–water partition coefficient (Wildman–Crippen LogP) is 2.52. The standard InChI is InChI=1S/C31H40F3N7O3/c1-41(2,3)17-16-40(15-14-35)28(42)13-12-25(36)29(43)39-27(18-21-8-10-23(11-9-21)31(32,33)34)30(44)38-24-19-22-6-4-5-7-26(22)37-20-24/h4-11,19-20,25,27H,12-18,35-36H2,1-3H3,(H-,38,39,43,44)/p+1. The maximum Gasteiger partial charge on any atom is 0.416 e. The van der Waals surface area contributed by atoms with Crippen molar-refractivity contribution in [3.8, 4) is 0 Å². The zero-order chi connectivity index (χ0) is 32.5. The second-order valence-electron chi connectivity index (χ2n) is 11.7. The van der Waals surface area contributed by atoms with Crippen molar-refractivity contribution in [1.29, 1.82) is 0 Å². The van der Waals surface area contributed by atoms with Crippen molar-refractivity contribution < 1.29 is 32.0 Å². The maximum atomic E-state index is 13.4. The van der Waals surface area contributed by atoms with Crippen molar-refractivity contribution in [3.05, 3.63) is 71.9 Å². The maximum absolute atomic E-state index is 13.4. The monoisotopic (exact) mass is 616 g/mol. The lowest BCUT2D eigenvalue weighted by Gasteiger charge is -2.29. The third-order valence-corrected chi connectivity index (χ3v) is 7.01. The number of benzene rings is 2. The van der Waals surface area contributed by atoms with Crippen molar-refractivity contribution in [1.82, 2.24) is 15.2 Å². The molecular weight excluding hydrogens is 575 g/mol. The number of nitrogens with two attached hydrogens (primary N) is 2. The zero-order valence-corrected chi connectivity index (χ0v) is 25.2. The number of likely N-dealkylation sites (N-methyl/N-ethyl adjacent to an activating group) is 1. The Morgan fingerprint density at radius 1 is 1.00 bits per heavy atom. The molecule has 0 aliphatic carbocycles. The van der Waals surface area contributed by atoms with Gasteiger partial charge < -0.3 is 31.5 Å². The number of hydrogen-bond donors (Lipinski definition) is 4. The van der Waals surface area contributed by atoms with Crippen LogP contribution >= 0.6 is 0 Å². The van der Waals surface area contributed by atoms with Crippen LogP contribution < -0.4 is 22.1 Å². The fourth-order valence-electron chi connectivity index (χ4n) is 4.43. The van der Waals surface area contributed by atoms with Gasteiger partial charge in [-0.2, -0.15) is 13.2 Å². The van der Waals surface area contributed by atoms with E-state index < -0.39 is 35.6 Å². The molecule has 3 aromatic rings. The molecule has 3 amide bonds. The van der Waals surface area contributed by atoms with Gasteiger partial charge in [-0.3, -0.25) is 19.4 Å². The molecule has 0 saturated heterocycles. The van der Waals surface area contributed by atoms with Crippen molar-refractivity contribution in [3.63, 3.8) is 0 Å². The highest BCUT2D eigenvalue weighted by molar-refractivity contribution is 5.99. The van der Waals surface area contributed by atoms with E-state index in [9.17, 15) is 27.6 Å². The number of amides is 3. The lowest BCUT2D eigenvalue weighted by molar-refractivity contribution is -0.869. The molecule has 2 unspecified atom stereocenters. The normalized spacial score (nSPS) is 13.3. The number of carbonyl (C=O) groups excluding carboxylic acids is 3. The molecule has 0 aliphatic rings. The highest BCUT2D eigenvalue weighted by Crippen LogP contribution is 2.29. The number of quaternary nitrogens is 1. The second-order valence-corrected chi connectivity index (χ2v) is 11.7. The molecule has 13 heteroatoms. The number of carbonyl (C=O) groups is 3. The number of pyridine rings is 1. The van der Waals surface area contributed by atoms with Crippen LogP contribution in [0.15, 0.2) is 60.8 Å². The summed E-state index contributed by atoms with van der Waals surface area (Å²) in [5.74, 6) is -1.46. The van der Waals surface area contributed by atoms with E-state index in [4.69, 9.17) is 11.5 Å². The van der Waals surface area contributed by atoms with Gasteiger partial charge in [-0.1, -0.05) is 30.3 Å². The van der Waals surface area contributed by atoms with Gasteiger partial charge in [-0.05, 0) is 36.2 Å². The van der Waals surface area contributed by atoms with Crippen LogP contribution in [0, 0.1) is 0 Å². The minimum absolute atomic E-state index is 0.00422. The number of nitrogens with one attached hydrogen (secondary N) is 2. The Balaban J connectivity index is 1.71. The minimum atomic E-state index is -4.51. The lowest BCUT2D eigenvalue weighted by atomic mass is 10.0. The van der Waals surface area contributed by atoms with Crippen molar-refractivity contribution in [2.75, 3.05) is 52.6 Å². The topological polar surface area (TPSA) is 143 Å². The molecule has 0 bridgehead atoms. The van der Waals surface area contributed by atoms with Crippen LogP contribution in [0.2, 0.25) is 0 Å². The molecule has 0 radical (unpaired) electrons. The summed E-state index contributed by atoms with van der Waals surface area (Å²) in [5.41, 5.74) is 12.5. The molecule has 10 nitrogen and oxygen atoms in total. The minimum Gasteiger partial charge on any atom is -0.343 e. The van der Waals surface area contributed by atoms with E-state index in [-0.39, 0.29) is 25.2 Å². The largest absolute Gasteiger partial charge is 0.416 e. The van der Waals surface area contributed by atoms with Gasteiger partial charge in [0.25, 0.3) is 0 Å². The van der Waals surface area contributed by atoms with E-state index in [2.05, 4.69) is 15.6 Å². The Bertz CT molecular complexity index is 1430. The van der Waals surface area contributed by atoms with Gasteiger partial charge in [0.1, 0.15) is 6.04 Å². The highest BCUT2D eigenvalue weighted by atomic mass is 19.4. The third kappa shape index (κ3) is 10.6. The summed E-state index contributed by atoms with van der Waals surface area (Å²) in [4.78, 5) is 45.3. The summed E-state index contributed by atoms with van der Waals surface area (Å²) in [5, 5.41) is 6.14. The summed E-state index contributed by atoms with van der Waals surface area (Å²) in [7, 11) is 6.04. The average molecular weight is 617 g/mol. The Morgan fingerprint density at radius 2 is 1.68 bits per heavy atom. The van der Waals surface area contributed by atoms with Gasteiger partial charge in [-0.15, -0.1) is 0 Å². The van der Waals surface area contributed by atoms with Gasteiger partial charge >= 0.3 is 6.18 Å². The van der Waals surface area contributed by atoms with Gasteiger partial charge in [-0.25, -0.2) is 0 Å². The molecule has 0 fully saturated rings. The average Bonchev–Trinajstić information content (AvgIpc) is 2.96. The van der Waals surface area contributed by atoms with Crippen LogP contribution in [0.25, 0.3) is 10.9 Å². The van der Waals surface area contributed by atoms with Gasteiger partial charge in [0.2, 0.25) is 17.7 Å². The van der Waals surface area contributed by atoms with E-state index in [0.717, 1.165) is 23.0 Å². The summed E-state index contributed by atoms with van der Waals surface area (Å²) in [6.07, 6.45) is -3.11. The van der Waals surface area contributed by atoms with E-state index in [1.54, 1.807) is 11.0 Å². The molecular formula is C31H41F3N7O3+. The Hall–Kier alpha value is -4.07. The summed E-state index contributed by atoms with van der Waals surface area (Å²) >= 11 is 0. The number of hydrogen-bond acceptors (Lipinski definition) is 6. The number of nitrogens with zero attached hydrogens (tertiary/aromatic N) is 3. The van der Waals surface area contributed by atoms with Crippen LogP contribution in [-0.2, 0) is 27.0 Å². The molecule has 44 heavy (non-hydrogen) atoms. The van der Waals surface area contributed by atoms with Gasteiger partial charge in [0.15, 0.2) is 0 Å². The first kappa shape index (κ1) is 34.4. The lowest BCUT2D eigenvalue weighted by Crippen LogP contribution is -2.51. The number of alkyl halides is 3. The first-order valence-corrected chi connectivity index (χ1v) is 14.3. The molecule has 0 saturated carbocycles. The molecule has 1 aromatic heterocycles. The van der Waals surface area contributed by atoms with E-state index in [1.165, 1.54) is 18.3 Å². The van der Waals surface area contributed by atoms with E-state index >= 15 is 0 Å². The predicted molar refractivity (Wildman–Crippen MR) is 163 cm³/mol. The number of para-hydroxylation sites is 1. The molecule has 0 spiro atoms. The quantitative estimate of drug-likeness (QED) is 0.205. The Labute approximate surface area is 255 Å². The molecule has 2 aromatic carbocycles. The molecule has 238 valence electrons.